The van der Waals surface area contributed by atoms with Crippen LogP contribution in [0.15, 0.2) is 30.6 Å². The number of rotatable bonds is 6. The van der Waals surface area contributed by atoms with Crippen LogP contribution in [-0.4, -0.2) is 47.3 Å². The molecule has 42 heavy (non-hydrogen) atoms. The van der Waals surface area contributed by atoms with E-state index in [1.165, 1.54) is 15.9 Å². The number of aromatic nitrogens is 4. The monoisotopic (exact) mass is 602 g/mol. The van der Waals surface area contributed by atoms with Gasteiger partial charge in [0.1, 0.15) is 23.1 Å². The fraction of sp³-hybridized carbons (Fsp3) is 0.483. The van der Waals surface area contributed by atoms with E-state index in [2.05, 4.69) is 22.1 Å². The van der Waals surface area contributed by atoms with Crippen molar-refractivity contribution in [1.82, 2.24) is 24.6 Å². The molecule has 1 aromatic carbocycles. The second kappa shape index (κ2) is 9.68. The maximum atomic E-state index is 14.3. The van der Waals surface area contributed by atoms with Gasteiger partial charge in [-0.25, -0.2) is 9.78 Å². The number of carbonyl (C=O) groups excluding carboxylic acids is 1. The van der Waals surface area contributed by atoms with Gasteiger partial charge in [-0.2, -0.15) is 13.2 Å². The lowest BCUT2D eigenvalue weighted by molar-refractivity contribution is -0.138. The molecule has 0 atom stereocenters. The molecule has 3 aliphatic rings. The molecule has 0 unspecified atom stereocenters. The van der Waals surface area contributed by atoms with E-state index in [9.17, 15) is 27.9 Å². The molecular weight excluding hydrogens is 573 g/mol. The predicted octanol–water partition coefficient (Wildman–Crippen LogP) is 6.18. The van der Waals surface area contributed by atoms with Crippen LogP contribution >= 0.6 is 11.6 Å². The highest BCUT2D eigenvalue weighted by Gasteiger charge is 2.49. The van der Waals surface area contributed by atoms with E-state index in [4.69, 9.17) is 11.6 Å². The van der Waals surface area contributed by atoms with Crippen LogP contribution in [0.5, 0.6) is 0 Å². The van der Waals surface area contributed by atoms with Gasteiger partial charge in [-0.05, 0) is 85.9 Å². The van der Waals surface area contributed by atoms with E-state index in [0.717, 1.165) is 36.7 Å². The average molecular weight is 603 g/mol. The SMILES string of the molecule is CC1CC(c2cc(Cl)nc(N3Cc4c(cc(CN(C(=O)O)C5(C)CCC5)cc4C(F)(F)F)C3=O)c2)(c2nncn2C)C1. The Kier molecular flexibility index (Phi) is 6.56. The quantitative estimate of drug-likeness (QED) is 0.338. The van der Waals surface area contributed by atoms with E-state index in [1.807, 2.05) is 11.6 Å². The van der Waals surface area contributed by atoms with Gasteiger partial charge in [0.2, 0.25) is 0 Å². The molecule has 9 nitrogen and oxygen atoms in total. The van der Waals surface area contributed by atoms with Crippen LogP contribution in [0.3, 0.4) is 0 Å². The zero-order chi connectivity index (χ0) is 30.2. The van der Waals surface area contributed by atoms with Crippen molar-refractivity contribution in [2.24, 2.45) is 13.0 Å². The van der Waals surface area contributed by atoms with E-state index in [-0.39, 0.29) is 40.8 Å². The van der Waals surface area contributed by atoms with Gasteiger partial charge in [0.05, 0.1) is 17.5 Å². The molecule has 0 spiro atoms. The van der Waals surface area contributed by atoms with Crippen LogP contribution < -0.4 is 4.90 Å². The van der Waals surface area contributed by atoms with Crippen molar-refractivity contribution < 1.29 is 27.9 Å². The smallest absolute Gasteiger partial charge is 0.416 e. The van der Waals surface area contributed by atoms with Gasteiger partial charge in [0.25, 0.3) is 5.91 Å². The van der Waals surface area contributed by atoms with Gasteiger partial charge in [-0.3, -0.25) is 14.6 Å². The third-order valence-corrected chi connectivity index (χ3v) is 9.40. The molecule has 3 aromatic rings. The minimum absolute atomic E-state index is 0.106. The third-order valence-electron chi connectivity index (χ3n) is 9.20. The van der Waals surface area contributed by atoms with E-state index < -0.39 is 34.7 Å². The number of alkyl halides is 3. The Morgan fingerprint density at radius 2 is 1.93 bits per heavy atom. The fourth-order valence-corrected chi connectivity index (χ4v) is 7.12. The Morgan fingerprint density at radius 1 is 1.21 bits per heavy atom. The van der Waals surface area contributed by atoms with Gasteiger partial charge in [-0.15, -0.1) is 10.2 Å². The Balaban J connectivity index is 1.39. The standard InChI is InChI=1S/C29H30ClF3N6O3/c1-16-11-28(12-16,25-36-34-15-37(25)3)18-9-22(30)35-23(10-18)38-14-20-19(24(38)40)7-17(8-21(20)29(31,32)33)13-39(26(41)42)27(2)5-4-6-27/h7-10,15-16H,4-6,11-14H2,1-3H3,(H,41,42). The van der Waals surface area contributed by atoms with Crippen LogP contribution in [0.2, 0.25) is 5.15 Å². The lowest BCUT2D eigenvalue weighted by atomic mass is 9.58. The summed E-state index contributed by atoms with van der Waals surface area (Å²) in [6.45, 7) is 3.30. The van der Waals surface area contributed by atoms with Gasteiger partial charge in [0.15, 0.2) is 0 Å². The minimum atomic E-state index is -4.75. The summed E-state index contributed by atoms with van der Waals surface area (Å²) in [6, 6.07) is 5.75. The first-order chi connectivity index (χ1) is 19.7. The number of nitrogens with zero attached hydrogens (tertiary/aromatic N) is 6. The molecule has 2 aromatic heterocycles. The van der Waals surface area contributed by atoms with Crippen LogP contribution in [0.4, 0.5) is 23.8 Å². The molecule has 1 N–H and O–H groups in total. The van der Waals surface area contributed by atoms with Gasteiger partial charge < -0.3 is 9.67 Å². The zero-order valence-electron chi connectivity index (χ0n) is 23.4. The van der Waals surface area contributed by atoms with Gasteiger partial charge >= 0.3 is 12.3 Å². The highest BCUT2D eigenvalue weighted by molar-refractivity contribution is 6.29. The molecule has 6 rings (SSSR count). The molecule has 3 heterocycles. The summed E-state index contributed by atoms with van der Waals surface area (Å²) >= 11 is 6.46. The second-order valence-electron chi connectivity index (χ2n) is 12.2. The molecule has 222 valence electrons. The highest BCUT2D eigenvalue weighted by Crippen LogP contribution is 2.52. The maximum absolute atomic E-state index is 14.3. The molecule has 0 saturated heterocycles. The van der Waals surface area contributed by atoms with Crippen LogP contribution in [0, 0.1) is 5.92 Å². The highest BCUT2D eigenvalue weighted by atomic mass is 35.5. The molecule has 2 fully saturated rings. The topological polar surface area (TPSA) is 104 Å². The van der Waals surface area contributed by atoms with Crippen molar-refractivity contribution in [3.05, 3.63) is 69.4 Å². The number of fused-ring (bicyclic) bond motifs is 1. The van der Waals surface area contributed by atoms with E-state index >= 15 is 0 Å². The number of carboxylic acid groups (broad SMARTS) is 1. The summed E-state index contributed by atoms with van der Waals surface area (Å²) in [5.74, 6) is 0.625. The number of pyridine rings is 1. The number of hydrogen-bond donors (Lipinski definition) is 1. The Morgan fingerprint density at radius 3 is 2.48 bits per heavy atom. The molecule has 13 heteroatoms. The van der Waals surface area contributed by atoms with E-state index in [1.54, 1.807) is 25.4 Å². The number of benzene rings is 1. The molecule has 2 aliphatic carbocycles. The first-order valence-electron chi connectivity index (χ1n) is 13.8. The lowest BCUT2D eigenvalue weighted by Crippen LogP contribution is -2.53. The minimum Gasteiger partial charge on any atom is -0.465 e. The van der Waals surface area contributed by atoms with Crippen LogP contribution in [-0.2, 0) is 31.7 Å². The maximum Gasteiger partial charge on any atom is 0.416 e. The molecule has 1 aliphatic heterocycles. The van der Waals surface area contributed by atoms with Gasteiger partial charge in [0, 0.05) is 24.7 Å². The number of halogens is 4. The van der Waals surface area contributed by atoms with Crippen molar-refractivity contribution in [2.45, 2.75) is 76.2 Å². The second-order valence-corrected chi connectivity index (χ2v) is 12.6. The van der Waals surface area contributed by atoms with Crippen molar-refractivity contribution in [3.8, 4) is 0 Å². The van der Waals surface area contributed by atoms with Crippen molar-refractivity contribution in [1.29, 1.82) is 0 Å². The fourth-order valence-electron chi connectivity index (χ4n) is 6.92. The first-order valence-corrected chi connectivity index (χ1v) is 14.2. The van der Waals surface area contributed by atoms with Crippen LogP contribution in [0.1, 0.15) is 84.4 Å². The Labute approximate surface area is 245 Å². The number of aryl methyl sites for hydroxylation is 1. The normalized spacial score (nSPS) is 22.9. The summed E-state index contributed by atoms with van der Waals surface area (Å²) in [5, 5.41) is 18.3. The van der Waals surface area contributed by atoms with E-state index in [0.29, 0.717) is 18.8 Å². The third kappa shape index (κ3) is 4.50. The van der Waals surface area contributed by atoms with Gasteiger partial charge in [-0.1, -0.05) is 18.5 Å². The lowest BCUT2D eigenvalue weighted by Gasteiger charge is -2.46. The molecular formula is C29H30ClF3N6O3. The summed E-state index contributed by atoms with van der Waals surface area (Å²) in [5.41, 5.74) is -1.55. The van der Waals surface area contributed by atoms with Crippen molar-refractivity contribution in [3.63, 3.8) is 0 Å². The van der Waals surface area contributed by atoms with Crippen molar-refractivity contribution in [2.75, 3.05) is 4.90 Å². The predicted molar refractivity (Wildman–Crippen MR) is 147 cm³/mol. The molecule has 0 bridgehead atoms. The Bertz CT molecular complexity index is 1600. The van der Waals surface area contributed by atoms with Crippen LogP contribution in [0.25, 0.3) is 0 Å². The first kappa shape index (κ1) is 28.4. The zero-order valence-corrected chi connectivity index (χ0v) is 24.1. The van der Waals surface area contributed by atoms with Crippen molar-refractivity contribution >= 4 is 29.4 Å². The average Bonchev–Trinajstić information content (AvgIpc) is 3.45. The molecule has 2 saturated carbocycles. The summed E-state index contributed by atoms with van der Waals surface area (Å²) in [4.78, 5) is 32.5. The summed E-state index contributed by atoms with van der Waals surface area (Å²) in [7, 11) is 1.84. The summed E-state index contributed by atoms with van der Waals surface area (Å²) in [6.07, 6.45) is -0.746. The molecule has 2 amide bonds. The molecule has 0 radical (unpaired) electrons. The largest absolute Gasteiger partial charge is 0.465 e. The number of carbonyl (C=O) groups is 2. The number of amides is 2. The number of anilines is 1. The number of hydrogen-bond acceptors (Lipinski definition) is 5. The Hall–Kier alpha value is -3.67. The summed E-state index contributed by atoms with van der Waals surface area (Å²) < 4.78 is 44.9.